The van der Waals surface area contributed by atoms with Crippen LogP contribution in [-0.4, -0.2) is 47.8 Å². The molecule has 3 unspecified atom stereocenters. The van der Waals surface area contributed by atoms with Gasteiger partial charge in [0.2, 0.25) is 0 Å². The zero-order valence-electron chi connectivity index (χ0n) is 9.77. The summed E-state index contributed by atoms with van der Waals surface area (Å²) in [5.74, 6) is -0.256. The van der Waals surface area contributed by atoms with E-state index in [1.807, 2.05) is 0 Å². The van der Waals surface area contributed by atoms with Gasteiger partial charge in [-0.2, -0.15) is 0 Å². The summed E-state index contributed by atoms with van der Waals surface area (Å²) in [6.45, 7) is 8.42. The molecule has 0 aliphatic carbocycles. The van der Waals surface area contributed by atoms with Gasteiger partial charge in [0.05, 0.1) is 6.61 Å². The molecule has 0 saturated carbocycles. The summed E-state index contributed by atoms with van der Waals surface area (Å²) in [4.78, 5) is 13.0. The van der Waals surface area contributed by atoms with Crippen molar-refractivity contribution in [3.05, 3.63) is 0 Å². The topological polar surface area (TPSA) is 49.8 Å². The number of ether oxygens (including phenoxy) is 1. The minimum Gasteiger partial charge on any atom is -0.479 e. The minimum absolute atomic E-state index is 0.431. The number of hydrogen-bond donors (Lipinski definition) is 1. The molecule has 1 fully saturated rings. The first-order valence-corrected chi connectivity index (χ1v) is 5.64. The van der Waals surface area contributed by atoms with E-state index >= 15 is 0 Å². The molecule has 0 amide bonds. The van der Waals surface area contributed by atoms with Crippen LogP contribution < -0.4 is 0 Å². The highest BCUT2D eigenvalue weighted by Gasteiger charge is 2.30. The van der Waals surface area contributed by atoms with E-state index in [1.165, 1.54) is 0 Å². The standard InChI is InChI=1S/C11H21NO3/c1-4-8(2)9(3)12-5-6-15-10(7-12)11(13)14/h8-10H,4-7H2,1-3H3,(H,13,14). The molecule has 0 aromatic carbocycles. The van der Waals surface area contributed by atoms with Crippen molar-refractivity contribution in [2.75, 3.05) is 19.7 Å². The monoisotopic (exact) mass is 215 g/mol. The summed E-state index contributed by atoms with van der Waals surface area (Å²) in [6.07, 6.45) is 0.473. The number of morpholine rings is 1. The van der Waals surface area contributed by atoms with Crippen molar-refractivity contribution in [3.8, 4) is 0 Å². The van der Waals surface area contributed by atoms with Crippen molar-refractivity contribution in [2.45, 2.75) is 39.3 Å². The Balaban J connectivity index is 2.52. The van der Waals surface area contributed by atoms with Crippen molar-refractivity contribution in [2.24, 2.45) is 5.92 Å². The lowest BCUT2D eigenvalue weighted by Gasteiger charge is -2.37. The highest BCUT2D eigenvalue weighted by Crippen LogP contribution is 2.17. The van der Waals surface area contributed by atoms with Crippen LogP contribution in [0.15, 0.2) is 0 Å². The first-order valence-electron chi connectivity index (χ1n) is 5.64. The van der Waals surface area contributed by atoms with E-state index in [0.29, 0.717) is 25.1 Å². The highest BCUT2D eigenvalue weighted by atomic mass is 16.5. The Bertz CT molecular complexity index is 220. The van der Waals surface area contributed by atoms with Crippen molar-refractivity contribution < 1.29 is 14.6 Å². The molecule has 1 aliphatic rings. The molecule has 1 rings (SSSR count). The van der Waals surface area contributed by atoms with Gasteiger partial charge in [0.1, 0.15) is 0 Å². The van der Waals surface area contributed by atoms with E-state index in [-0.39, 0.29) is 0 Å². The maximum absolute atomic E-state index is 10.8. The number of nitrogens with zero attached hydrogens (tertiary/aromatic N) is 1. The number of rotatable bonds is 4. The van der Waals surface area contributed by atoms with Crippen LogP contribution in [0.3, 0.4) is 0 Å². The Hall–Kier alpha value is -0.610. The Morgan fingerprint density at radius 2 is 2.27 bits per heavy atom. The first kappa shape index (κ1) is 12.5. The van der Waals surface area contributed by atoms with Crippen molar-refractivity contribution >= 4 is 5.97 Å². The molecule has 0 aromatic heterocycles. The second kappa shape index (κ2) is 5.47. The average Bonchev–Trinajstić information content (AvgIpc) is 2.27. The molecule has 0 bridgehead atoms. The maximum atomic E-state index is 10.8. The number of carboxylic acid groups (broad SMARTS) is 1. The molecule has 1 aliphatic heterocycles. The Morgan fingerprint density at radius 3 is 2.80 bits per heavy atom. The van der Waals surface area contributed by atoms with Gasteiger partial charge < -0.3 is 9.84 Å². The van der Waals surface area contributed by atoms with Gasteiger partial charge in [0, 0.05) is 19.1 Å². The molecule has 1 saturated heterocycles. The lowest BCUT2D eigenvalue weighted by molar-refractivity contribution is -0.157. The van der Waals surface area contributed by atoms with E-state index in [9.17, 15) is 4.79 Å². The van der Waals surface area contributed by atoms with Crippen molar-refractivity contribution in [3.63, 3.8) is 0 Å². The zero-order valence-corrected chi connectivity index (χ0v) is 9.77. The van der Waals surface area contributed by atoms with Gasteiger partial charge in [-0.05, 0) is 12.8 Å². The number of hydrogen-bond acceptors (Lipinski definition) is 3. The largest absolute Gasteiger partial charge is 0.479 e. The SMILES string of the molecule is CCC(C)C(C)N1CCOC(C(=O)O)C1. The third kappa shape index (κ3) is 3.18. The second-order valence-electron chi connectivity index (χ2n) is 4.32. The third-order valence-electron chi connectivity index (χ3n) is 3.42. The van der Waals surface area contributed by atoms with Gasteiger partial charge in [-0.3, -0.25) is 4.90 Å². The fraction of sp³-hybridized carbons (Fsp3) is 0.909. The Kier molecular flexibility index (Phi) is 4.54. The second-order valence-corrected chi connectivity index (χ2v) is 4.32. The Morgan fingerprint density at radius 1 is 1.60 bits per heavy atom. The van der Waals surface area contributed by atoms with Gasteiger partial charge in [-0.15, -0.1) is 0 Å². The zero-order chi connectivity index (χ0) is 11.4. The van der Waals surface area contributed by atoms with E-state index < -0.39 is 12.1 Å². The lowest BCUT2D eigenvalue weighted by atomic mass is 9.98. The molecular formula is C11H21NO3. The normalized spacial score (nSPS) is 27.3. The van der Waals surface area contributed by atoms with Crippen LogP contribution in [-0.2, 0) is 9.53 Å². The van der Waals surface area contributed by atoms with Crippen molar-refractivity contribution in [1.82, 2.24) is 4.90 Å². The number of carbonyl (C=O) groups is 1. The van der Waals surface area contributed by atoms with Gasteiger partial charge >= 0.3 is 5.97 Å². The Labute approximate surface area is 91.2 Å². The molecule has 1 N–H and O–H groups in total. The van der Waals surface area contributed by atoms with Crippen LogP contribution in [0, 0.1) is 5.92 Å². The summed E-state index contributed by atoms with van der Waals surface area (Å²) in [7, 11) is 0. The van der Waals surface area contributed by atoms with E-state index in [4.69, 9.17) is 9.84 Å². The fourth-order valence-electron chi connectivity index (χ4n) is 1.89. The lowest BCUT2D eigenvalue weighted by Crippen LogP contribution is -2.51. The molecule has 88 valence electrons. The molecule has 0 aromatic rings. The van der Waals surface area contributed by atoms with Crippen LogP contribution in [0.25, 0.3) is 0 Å². The predicted octanol–water partition coefficient (Wildman–Crippen LogP) is 1.21. The molecular weight excluding hydrogens is 194 g/mol. The number of carboxylic acids is 1. The molecule has 4 heteroatoms. The molecule has 3 atom stereocenters. The maximum Gasteiger partial charge on any atom is 0.334 e. The fourth-order valence-corrected chi connectivity index (χ4v) is 1.89. The van der Waals surface area contributed by atoms with E-state index in [2.05, 4.69) is 25.7 Å². The molecule has 15 heavy (non-hydrogen) atoms. The molecule has 1 heterocycles. The summed E-state index contributed by atoms with van der Waals surface area (Å²) in [5.41, 5.74) is 0. The van der Waals surface area contributed by atoms with Gasteiger partial charge in [-0.1, -0.05) is 20.3 Å². The van der Waals surface area contributed by atoms with E-state index in [1.54, 1.807) is 0 Å². The van der Waals surface area contributed by atoms with E-state index in [0.717, 1.165) is 13.0 Å². The van der Waals surface area contributed by atoms with Gasteiger partial charge in [-0.25, -0.2) is 4.79 Å². The van der Waals surface area contributed by atoms with Crippen LogP contribution >= 0.6 is 0 Å². The molecule has 4 nitrogen and oxygen atoms in total. The van der Waals surface area contributed by atoms with Crippen LogP contribution in [0.5, 0.6) is 0 Å². The summed E-state index contributed by atoms with van der Waals surface area (Å²) < 4.78 is 5.19. The average molecular weight is 215 g/mol. The summed E-state index contributed by atoms with van der Waals surface area (Å²) in [6, 6.07) is 0.431. The third-order valence-corrected chi connectivity index (χ3v) is 3.42. The van der Waals surface area contributed by atoms with Crippen LogP contribution in [0.1, 0.15) is 27.2 Å². The smallest absolute Gasteiger partial charge is 0.334 e. The first-order chi connectivity index (χ1) is 7.06. The summed E-state index contributed by atoms with van der Waals surface area (Å²) in [5, 5.41) is 8.88. The molecule has 0 spiro atoms. The van der Waals surface area contributed by atoms with Crippen LogP contribution in [0.4, 0.5) is 0 Å². The van der Waals surface area contributed by atoms with Crippen molar-refractivity contribution in [1.29, 1.82) is 0 Å². The quantitative estimate of drug-likeness (QED) is 0.765. The minimum atomic E-state index is -0.851. The highest BCUT2D eigenvalue weighted by molar-refractivity contribution is 5.72. The summed E-state index contributed by atoms with van der Waals surface area (Å²) >= 11 is 0. The van der Waals surface area contributed by atoms with Gasteiger partial charge in [0.25, 0.3) is 0 Å². The molecule has 0 radical (unpaired) electrons. The predicted molar refractivity (Wildman–Crippen MR) is 57.9 cm³/mol. The number of aliphatic carboxylic acids is 1. The van der Waals surface area contributed by atoms with Crippen LogP contribution in [0.2, 0.25) is 0 Å². The van der Waals surface area contributed by atoms with Gasteiger partial charge in [0.15, 0.2) is 6.10 Å².